The summed E-state index contributed by atoms with van der Waals surface area (Å²) >= 11 is 0. The highest BCUT2D eigenvalue weighted by atomic mass is 16.5. The molecular formula is C12H23N5O2. The largest absolute Gasteiger partial charge is 0.383 e. The van der Waals surface area contributed by atoms with Crippen molar-refractivity contribution in [2.45, 2.75) is 32.4 Å². The van der Waals surface area contributed by atoms with E-state index in [-0.39, 0.29) is 0 Å². The number of tetrazole rings is 1. The minimum atomic E-state index is 0.318. The van der Waals surface area contributed by atoms with Gasteiger partial charge in [-0.3, -0.25) is 0 Å². The van der Waals surface area contributed by atoms with Gasteiger partial charge in [0, 0.05) is 26.9 Å². The van der Waals surface area contributed by atoms with Crippen LogP contribution in [-0.2, 0) is 16.0 Å². The van der Waals surface area contributed by atoms with E-state index in [9.17, 15) is 0 Å². The quantitative estimate of drug-likeness (QED) is 0.722. The molecule has 0 aliphatic carbocycles. The van der Waals surface area contributed by atoms with Crippen LogP contribution < -0.4 is 5.32 Å². The second-order valence-corrected chi connectivity index (χ2v) is 4.90. The lowest BCUT2D eigenvalue weighted by Gasteiger charge is -2.28. The van der Waals surface area contributed by atoms with E-state index in [4.69, 9.17) is 9.47 Å². The molecule has 0 radical (unpaired) electrons. The number of rotatable bonds is 7. The lowest BCUT2D eigenvalue weighted by Crippen LogP contribution is -2.28. The average molecular weight is 269 g/mol. The summed E-state index contributed by atoms with van der Waals surface area (Å²) in [6.07, 6.45) is 2.16. The number of hydrogen-bond donors (Lipinski definition) is 1. The molecule has 2 heterocycles. The van der Waals surface area contributed by atoms with E-state index >= 15 is 0 Å². The van der Waals surface area contributed by atoms with Crippen LogP contribution in [0.5, 0.6) is 0 Å². The third-order valence-electron chi connectivity index (χ3n) is 3.66. The lowest BCUT2D eigenvalue weighted by molar-refractivity contribution is 0.0487. The summed E-state index contributed by atoms with van der Waals surface area (Å²) in [5, 5.41) is 15.3. The zero-order valence-electron chi connectivity index (χ0n) is 11.7. The topological polar surface area (TPSA) is 74.1 Å². The summed E-state index contributed by atoms with van der Waals surface area (Å²) in [6, 6.07) is 0.318. The van der Waals surface area contributed by atoms with Gasteiger partial charge in [0.2, 0.25) is 0 Å². The first kappa shape index (κ1) is 14.4. The molecule has 108 valence electrons. The van der Waals surface area contributed by atoms with E-state index in [0.717, 1.165) is 38.4 Å². The molecule has 7 heteroatoms. The first-order valence-corrected chi connectivity index (χ1v) is 6.87. The molecule has 0 amide bonds. The van der Waals surface area contributed by atoms with Gasteiger partial charge in [0.05, 0.1) is 19.2 Å². The highest BCUT2D eigenvalue weighted by Gasteiger charge is 2.24. The van der Waals surface area contributed by atoms with Gasteiger partial charge >= 0.3 is 0 Å². The molecule has 0 spiro atoms. The van der Waals surface area contributed by atoms with Crippen molar-refractivity contribution in [3.63, 3.8) is 0 Å². The van der Waals surface area contributed by atoms with Crippen LogP contribution in [0.25, 0.3) is 0 Å². The van der Waals surface area contributed by atoms with Crippen LogP contribution in [0.4, 0.5) is 0 Å². The van der Waals surface area contributed by atoms with Gasteiger partial charge in [-0.1, -0.05) is 0 Å². The standard InChI is InChI=1S/C12H23N5O2/c1-10(11-3-6-19-7-4-11)17-12(14-15-16-17)9-13-5-8-18-2/h10-11,13H,3-9H2,1-2H3. The van der Waals surface area contributed by atoms with Gasteiger partial charge in [-0.2, -0.15) is 0 Å². The predicted octanol–water partition coefficient (Wildman–Crippen LogP) is 0.397. The molecule has 1 fully saturated rings. The molecule has 19 heavy (non-hydrogen) atoms. The Labute approximate surface area is 113 Å². The van der Waals surface area contributed by atoms with Crippen LogP contribution >= 0.6 is 0 Å². The van der Waals surface area contributed by atoms with Crippen molar-refractivity contribution >= 4 is 0 Å². The molecule has 1 unspecified atom stereocenters. The molecule has 0 saturated carbocycles. The molecule has 1 aromatic rings. The molecule has 1 saturated heterocycles. The van der Waals surface area contributed by atoms with Gasteiger partial charge in [0.1, 0.15) is 0 Å². The molecule has 1 atom stereocenters. The van der Waals surface area contributed by atoms with Crippen LogP contribution in [0.1, 0.15) is 31.6 Å². The number of aromatic nitrogens is 4. The fraction of sp³-hybridized carbons (Fsp3) is 0.917. The first-order valence-electron chi connectivity index (χ1n) is 6.87. The van der Waals surface area contributed by atoms with E-state index in [2.05, 4.69) is 27.8 Å². The van der Waals surface area contributed by atoms with Gasteiger partial charge in [-0.25, -0.2) is 4.68 Å². The fourth-order valence-corrected chi connectivity index (χ4v) is 2.42. The van der Waals surface area contributed by atoms with E-state index in [1.807, 2.05) is 4.68 Å². The lowest BCUT2D eigenvalue weighted by atomic mass is 9.93. The van der Waals surface area contributed by atoms with Gasteiger partial charge in [0.25, 0.3) is 0 Å². The summed E-state index contributed by atoms with van der Waals surface area (Å²) in [6.45, 7) is 6.04. The molecule has 1 aliphatic heterocycles. The maximum atomic E-state index is 5.40. The Bertz CT molecular complexity index is 365. The Morgan fingerprint density at radius 3 is 3.00 bits per heavy atom. The van der Waals surface area contributed by atoms with Crippen molar-refractivity contribution in [1.29, 1.82) is 0 Å². The molecule has 1 N–H and O–H groups in total. The Balaban J connectivity index is 1.90. The van der Waals surface area contributed by atoms with Gasteiger partial charge < -0.3 is 14.8 Å². The maximum absolute atomic E-state index is 5.40. The van der Waals surface area contributed by atoms with Crippen molar-refractivity contribution in [3.05, 3.63) is 5.82 Å². The third kappa shape index (κ3) is 3.95. The Morgan fingerprint density at radius 2 is 2.26 bits per heavy atom. The molecule has 2 rings (SSSR count). The van der Waals surface area contributed by atoms with Gasteiger partial charge in [-0.15, -0.1) is 5.10 Å². The maximum Gasteiger partial charge on any atom is 0.165 e. The van der Waals surface area contributed by atoms with Crippen LogP contribution in [-0.4, -0.2) is 53.7 Å². The van der Waals surface area contributed by atoms with Gasteiger partial charge in [-0.05, 0) is 36.1 Å². The summed E-state index contributed by atoms with van der Waals surface area (Å²) in [7, 11) is 1.69. The van der Waals surface area contributed by atoms with E-state index < -0.39 is 0 Å². The SMILES string of the molecule is COCCNCc1nnnn1C(C)C1CCOCC1. The van der Waals surface area contributed by atoms with Crippen LogP contribution in [0, 0.1) is 5.92 Å². The number of nitrogens with zero attached hydrogens (tertiary/aromatic N) is 4. The summed E-state index contributed by atoms with van der Waals surface area (Å²) in [5.41, 5.74) is 0. The summed E-state index contributed by atoms with van der Waals surface area (Å²) in [5.74, 6) is 1.48. The van der Waals surface area contributed by atoms with Crippen LogP contribution in [0.3, 0.4) is 0 Å². The van der Waals surface area contributed by atoms with Crippen molar-refractivity contribution < 1.29 is 9.47 Å². The highest BCUT2D eigenvalue weighted by molar-refractivity contribution is 4.85. The molecule has 0 aromatic carbocycles. The minimum Gasteiger partial charge on any atom is -0.383 e. The van der Waals surface area contributed by atoms with E-state index in [1.165, 1.54) is 0 Å². The van der Waals surface area contributed by atoms with Crippen molar-refractivity contribution in [1.82, 2.24) is 25.5 Å². The number of hydrogen-bond acceptors (Lipinski definition) is 6. The molecule has 1 aromatic heterocycles. The highest BCUT2D eigenvalue weighted by Crippen LogP contribution is 2.27. The average Bonchev–Trinajstić information content (AvgIpc) is 2.92. The van der Waals surface area contributed by atoms with E-state index in [0.29, 0.717) is 25.1 Å². The van der Waals surface area contributed by atoms with Crippen LogP contribution in [0.2, 0.25) is 0 Å². The monoisotopic (exact) mass is 269 g/mol. The Hall–Kier alpha value is -1.05. The zero-order valence-corrected chi connectivity index (χ0v) is 11.7. The van der Waals surface area contributed by atoms with Crippen molar-refractivity contribution in [3.8, 4) is 0 Å². The first-order chi connectivity index (χ1) is 9.33. The predicted molar refractivity (Wildman–Crippen MR) is 69.7 cm³/mol. The third-order valence-corrected chi connectivity index (χ3v) is 3.66. The van der Waals surface area contributed by atoms with Crippen molar-refractivity contribution in [2.75, 3.05) is 33.5 Å². The normalized spacial score (nSPS) is 18.6. The number of ether oxygens (including phenoxy) is 2. The Kier molecular flexibility index (Phi) is 5.68. The summed E-state index contributed by atoms with van der Waals surface area (Å²) < 4.78 is 12.3. The minimum absolute atomic E-state index is 0.318. The Morgan fingerprint density at radius 1 is 1.47 bits per heavy atom. The van der Waals surface area contributed by atoms with E-state index in [1.54, 1.807) is 7.11 Å². The van der Waals surface area contributed by atoms with Crippen molar-refractivity contribution in [2.24, 2.45) is 5.92 Å². The molecule has 1 aliphatic rings. The molecule has 0 bridgehead atoms. The molecular weight excluding hydrogens is 246 g/mol. The number of nitrogens with one attached hydrogen (secondary N) is 1. The summed E-state index contributed by atoms with van der Waals surface area (Å²) in [4.78, 5) is 0. The second kappa shape index (κ2) is 7.52. The fourth-order valence-electron chi connectivity index (χ4n) is 2.42. The second-order valence-electron chi connectivity index (χ2n) is 4.90. The smallest absolute Gasteiger partial charge is 0.165 e. The van der Waals surface area contributed by atoms with Crippen LogP contribution in [0.15, 0.2) is 0 Å². The number of methoxy groups -OCH3 is 1. The molecule has 7 nitrogen and oxygen atoms in total. The van der Waals surface area contributed by atoms with Gasteiger partial charge in [0.15, 0.2) is 5.82 Å². The zero-order chi connectivity index (χ0) is 13.5.